The highest BCUT2D eigenvalue weighted by Gasteiger charge is 2.20. The molecule has 0 aliphatic carbocycles. The Morgan fingerprint density at radius 1 is 1.09 bits per heavy atom. The Balaban J connectivity index is 1.52. The summed E-state index contributed by atoms with van der Waals surface area (Å²) in [5, 5.41) is 7.73. The van der Waals surface area contributed by atoms with Crippen LogP contribution < -0.4 is 5.32 Å². The SMILES string of the molecule is c1ccc(-c2nccc(N[C@@H]3CCc4ncnn4C3)n2)cc1. The molecule has 0 saturated heterocycles. The zero-order chi connectivity index (χ0) is 14.8. The Morgan fingerprint density at radius 2 is 2.00 bits per heavy atom. The van der Waals surface area contributed by atoms with Crippen molar-refractivity contribution in [1.82, 2.24) is 24.7 Å². The van der Waals surface area contributed by atoms with E-state index in [1.54, 1.807) is 12.5 Å². The van der Waals surface area contributed by atoms with Crippen LogP contribution in [0.2, 0.25) is 0 Å². The van der Waals surface area contributed by atoms with Crippen molar-refractivity contribution in [1.29, 1.82) is 0 Å². The van der Waals surface area contributed by atoms with Gasteiger partial charge in [0.05, 0.1) is 6.54 Å². The number of nitrogens with zero attached hydrogens (tertiary/aromatic N) is 5. The molecule has 0 amide bonds. The molecular formula is C16H16N6. The number of rotatable bonds is 3. The van der Waals surface area contributed by atoms with Gasteiger partial charge in [-0.1, -0.05) is 30.3 Å². The molecule has 0 bridgehead atoms. The number of hydrogen-bond acceptors (Lipinski definition) is 5. The molecule has 6 heteroatoms. The Kier molecular flexibility index (Phi) is 3.27. The zero-order valence-electron chi connectivity index (χ0n) is 12.1. The number of anilines is 1. The second-order valence-corrected chi connectivity index (χ2v) is 5.37. The average Bonchev–Trinajstić information content (AvgIpc) is 3.04. The Labute approximate surface area is 128 Å². The summed E-state index contributed by atoms with van der Waals surface area (Å²) in [7, 11) is 0. The van der Waals surface area contributed by atoms with Crippen LogP contribution in [-0.4, -0.2) is 30.8 Å². The summed E-state index contributed by atoms with van der Waals surface area (Å²) >= 11 is 0. The molecule has 1 atom stereocenters. The second-order valence-electron chi connectivity index (χ2n) is 5.37. The summed E-state index contributed by atoms with van der Waals surface area (Å²) in [6.07, 6.45) is 5.38. The molecule has 2 aromatic heterocycles. The van der Waals surface area contributed by atoms with Gasteiger partial charge < -0.3 is 5.32 Å². The van der Waals surface area contributed by atoms with Crippen LogP contribution in [0.25, 0.3) is 11.4 Å². The Hall–Kier alpha value is -2.76. The quantitative estimate of drug-likeness (QED) is 0.801. The average molecular weight is 292 g/mol. The largest absolute Gasteiger partial charge is 0.365 e. The van der Waals surface area contributed by atoms with Crippen LogP contribution in [0.3, 0.4) is 0 Å². The van der Waals surface area contributed by atoms with Crippen LogP contribution in [0.4, 0.5) is 5.82 Å². The summed E-state index contributed by atoms with van der Waals surface area (Å²) in [5.74, 6) is 2.65. The molecule has 1 N–H and O–H groups in total. The lowest BCUT2D eigenvalue weighted by molar-refractivity contribution is 0.441. The van der Waals surface area contributed by atoms with Gasteiger partial charge in [0, 0.05) is 24.2 Å². The zero-order valence-corrected chi connectivity index (χ0v) is 12.1. The van der Waals surface area contributed by atoms with Crippen molar-refractivity contribution >= 4 is 5.82 Å². The van der Waals surface area contributed by atoms with Crippen molar-refractivity contribution in [2.24, 2.45) is 0 Å². The van der Waals surface area contributed by atoms with Crippen LogP contribution in [0.15, 0.2) is 48.9 Å². The van der Waals surface area contributed by atoms with E-state index < -0.39 is 0 Å². The molecule has 1 aliphatic rings. The highest BCUT2D eigenvalue weighted by atomic mass is 15.3. The predicted octanol–water partition coefficient (Wildman–Crippen LogP) is 2.16. The highest BCUT2D eigenvalue weighted by Crippen LogP contribution is 2.18. The number of aromatic nitrogens is 5. The maximum Gasteiger partial charge on any atom is 0.161 e. The van der Waals surface area contributed by atoms with Gasteiger partial charge in [-0.25, -0.2) is 19.6 Å². The van der Waals surface area contributed by atoms with Crippen LogP contribution in [-0.2, 0) is 13.0 Å². The van der Waals surface area contributed by atoms with E-state index in [0.717, 1.165) is 42.4 Å². The predicted molar refractivity (Wildman–Crippen MR) is 83.2 cm³/mol. The Bertz CT molecular complexity index is 767. The van der Waals surface area contributed by atoms with Gasteiger partial charge in [-0.15, -0.1) is 0 Å². The van der Waals surface area contributed by atoms with E-state index in [9.17, 15) is 0 Å². The minimum absolute atomic E-state index is 0.313. The van der Waals surface area contributed by atoms with E-state index in [1.807, 2.05) is 41.1 Å². The minimum Gasteiger partial charge on any atom is -0.365 e. The number of benzene rings is 1. The molecule has 0 fully saturated rings. The molecule has 3 aromatic rings. The number of nitrogens with one attached hydrogen (secondary N) is 1. The summed E-state index contributed by atoms with van der Waals surface area (Å²) in [6.45, 7) is 0.819. The Morgan fingerprint density at radius 3 is 2.91 bits per heavy atom. The summed E-state index contributed by atoms with van der Waals surface area (Å²) in [4.78, 5) is 13.2. The van der Waals surface area contributed by atoms with Crippen LogP contribution in [0, 0.1) is 0 Å². The van der Waals surface area contributed by atoms with Gasteiger partial charge in [-0.3, -0.25) is 0 Å². The first-order valence-corrected chi connectivity index (χ1v) is 7.40. The van der Waals surface area contributed by atoms with Crippen molar-refractivity contribution in [2.45, 2.75) is 25.4 Å². The molecule has 0 unspecified atom stereocenters. The first-order chi connectivity index (χ1) is 10.9. The van der Waals surface area contributed by atoms with E-state index in [4.69, 9.17) is 0 Å². The van der Waals surface area contributed by atoms with Crippen LogP contribution in [0.5, 0.6) is 0 Å². The summed E-state index contributed by atoms with van der Waals surface area (Å²) in [5.41, 5.74) is 1.02. The van der Waals surface area contributed by atoms with Gasteiger partial charge >= 0.3 is 0 Å². The van der Waals surface area contributed by atoms with Gasteiger partial charge in [0.1, 0.15) is 18.0 Å². The summed E-state index contributed by atoms with van der Waals surface area (Å²) in [6, 6.07) is 12.2. The molecule has 110 valence electrons. The normalized spacial score (nSPS) is 17.0. The van der Waals surface area contributed by atoms with E-state index in [-0.39, 0.29) is 0 Å². The third-order valence-corrected chi connectivity index (χ3v) is 3.85. The van der Waals surface area contributed by atoms with Crippen molar-refractivity contribution in [3.05, 3.63) is 54.7 Å². The highest BCUT2D eigenvalue weighted by molar-refractivity contribution is 5.56. The second kappa shape index (κ2) is 5.55. The van der Waals surface area contributed by atoms with Gasteiger partial charge in [0.15, 0.2) is 5.82 Å². The third-order valence-electron chi connectivity index (χ3n) is 3.85. The monoisotopic (exact) mass is 292 g/mol. The molecule has 0 radical (unpaired) electrons. The van der Waals surface area contributed by atoms with E-state index in [1.165, 1.54) is 0 Å². The van der Waals surface area contributed by atoms with E-state index in [2.05, 4.69) is 25.4 Å². The maximum absolute atomic E-state index is 4.61. The van der Waals surface area contributed by atoms with Crippen LogP contribution >= 0.6 is 0 Å². The molecule has 0 saturated carbocycles. The third kappa shape index (κ3) is 2.55. The van der Waals surface area contributed by atoms with Crippen molar-refractivity contribution in [3.8, 4) is 11.4 Å². The standard InChI is InChI=1S/C16H16N6/c1-2-4-12(5-3-1)16-17-9-8-14(21-16)20-13-6-7-15-18-11-19-22(15)10-13/h1-5,8-9,11,13H,6-7,10H2,(H,17,20,21)/t13-/m1/s1. The fraction of sp³-hybridized carbons (Fsp3) is 0.250. The number of hydrogen-bond donors (Lipinski definition) is 1. The van der Waals surface area contributed by atoms with Gasteiger partial charge in [0.2, 0.25) is 0 Å². The van der Waals surface area contributed by atoms with Gasteiger partial charge in [-0.05, 0) is 12.5 Å². The van der Waals surface area contributed by atoms with Crippen LogP contribution in [0.1, 0.15) is 12.2 Å². The minimum atomic E-state index is 0.313. The topological polar surface area (TPSA) is 68.5 Å². The summed E-state index contributed by atoms with van der Waals surface area (Å²) < 4.78 is 1.96. The van der Waals surface area contributed by atoms with Gasteiger partial charge in [-0.2, -0.15) is 5.10 Å². The number of fused-ring (bicyclic) bond motifs is 1. The van der Waals surface area contributed by atoms with Gasteiger partial charge in [0.25, 0.3) is 0 Å². The molecule has 22 heavy (non-hydrogen) atoms. The molecule has 6 nitrogen and oxygen atoms in total. The lowest BCUT2D eigenvalue weighted by Crippen LogP contribution is -2.32. The smallest absolute Gasteiger partial charge is 0.161 e. The lowest BCUT2D eigenvalue weighted by Gasteiger charge is -2.24. The molecule has 1 aromatic carbocycles. The molecule has 1 aliphatic heterocycles. The molecule has 3 heterocycles. The maximum atomic E-state index is 4.61. The first kappa shape index (κ1) is 12.9. The molecule has 0 spiro atoms. The fourth-order valence-electron chi connectivity index (χ4n) is 2.73. The molecule has 4 rings (SSSR count). The van der Waals surface area contributed by atoms with E-state index >= 15 is 0 Å². The van der Waals surface area contributed by atoms with Crippen molar-refractivity contribution < 1.29 is 0 Å². The lowest BCUT2D eigenvalue weighted by atomic mass is 10.1. The fourth-order valence-corrected chi connectivity index (χ4v) is 2.73. The first-order valence-electron chi connectivity index (χ1n) is 7.40. The van der Waals surface area contributed by atoms with E-state index in [0.29, 0.717) is 6.04 Å². The van der Waals surface area contributed by atoms with Crippen molar-refractivity contribution in [2.75, 3.05) is 5.32 Å². The number of aryl methyl sites for hydroxylation is 1. The molecular weight excluding hydrogens is 276 g/mol. The van der Waals surface area contributed by atoms with Crippen molar-refractivity contribution in [3.63, 3.8) is 0 Å².